The molecule has 5 nitrogen and oxygen atoms in total. The number of rotatable bonds is 2. The Kier molecular flexibility index (Phi) is 5.28. The molecule has 0 saturated carbocycles. The number of aromatic hydroxyl groups is 1. The van der Waals surface area contributed by atoms with E-state index in [2.05, 4.69) is 5.73 Å². The number of aliphatic hydroxyl groups excluding tert-OH is 1. The first kappa shape index (κ1) is 12.4. The maximum atomic E-state index is 10.3. The highest BCUT2D eigenvalue weighted by atomic mass is 16.4. The third-order valence-electron chi connectivity index (χ3n) is 1.47. The first-order valence-electron chi connectivity index (χ1n) is 3.89. The van der Waals surface area contributed by atoms with Crippen molar-refractivity contribution in [3.8, 4) is 5.75 Å². The van der Waals surface area contributed by atoms with Gasteiger partial charge in [0.2, 0.25) is 0 Å². The number of hydrogen-bond donors (Lipinski definition) is 4. The normalized spacial score (nSPS) is 11.1. The Bertz CT molecular complexity index is 301. The predicted molar refractivity (Wildman–Crippen MR) is 50.8 cm³/mol. The highest BCUT2D eigenvalue weighted by Gasteiger charge is 2.18. The number of phenols is 1. The van der Waals surface area contributed by atoms with Gasteiger partial charge in [-0.1, -0.05) is 18.2 Å². The van der Waals surface area contributed by atoms with E-state index in [0.29, 0.717) is 0 Å². The van der Waals surface area contributed by atoms with Crippen molar-refractivity contribution in [3.63, 3.8) is 0 Å². The van der Waals surface area contributed by atoms with Gasteiger partial charge < -0.3 is 21.1 Å². The first-order valence-corrected chi connectivity index (χ1v) is 3.89. The number of phenolic OH excluding ortho intramolecular Hbond substituents is 1. The molecule has 0 fully saturated rings. The van der Waals surface area contributed by atoms with Crippen molar-refractivity contribution in [1.82, 2.24) is 0 Å². The Morgan fingerprint density at radius 2 is 1.86 bits per heavy atom. The number of aliphatic carboxylic acids is 1. The van der Waals surface area contributed by atoms with Crippen molar-refractivity contribution >= 4 is 5.97 Å². The second kappa shape index (κ2) is 5.95. The Balaban J connectivity index is 0.000000791. The maximum Gasteiger partial charge on any atom is 0.337 e. The van der Waals surface area contributed by atoms with E-state index in [1.807, 2.05) is 0 Å². The molecule has 1 unspecified atom stereocenters. The molecular formula is C9H13NO4. The fraction of sp³-hybridized carbons (Fsp3) is 0.222. The van der Waals surface area contributed by atoms with Crippen LogP contribution >= 0.6 is 0 Å². The molecule has 0 heterocycles. The van der Waals surface area contributed by atoms with Crippen LogP contribution in [0.25, 0.3) is 0 Å². The molecule has 0 amide bonds. The van der Waals surface area contributed by atoms with Crippen molar-refractivity contribution in [3.05, 3.63) is 29.8 Å². The summed E-state index contributed by atoms with van der Waals surface area (Å²) in [6.07, 6.45) is -1.66. The summed E-state index contributed by atoms with van der Waals surface area (Å²) in [6.45, 7) is 0. The minimum atomic E-state index is -1.66. The molecule has 14 heavy (non-hydrogen) atoms. The molecule has 0 bridgehead atoms. The third kappa shape index (κ3) is 3.04. The molecule has 0 radical (unpaired) electrons. The van der Waals surface area contributed by atoms with Crippen molar-refractivity contribution < 1.29 is 20.1 Å². The van der Waals surface area contributed by atoms with E-state index in [1.54, 1.807) is 12.1 Å². The van der Waals surface area contributed by atoms with Crippen LogP contribution < -0.4 is 5.73 Å². The lowest BCUT2D eigenvalue weighted by Crippen LogP contribution is -2.10. The van der Waals surface area contributed by atoms with E-state index >= 15 is 0 Å². The average molecular weight is 199 g/mol. The number of para-hydroxylation sites is 1. The molecule has 1 aromatic carbocycles. The molecule has 1 rings (SSSR count). The number of nitrogens with two attached hydrogens (primary N) is 1. The van der Waals surface area contributed by atoms with Crippen LogP contribution in [0.5, 0.6) is 5.75 Å². The molecular weight excluding hydrogens is 186 g/mol. The fourth-order valence-electron chi connectivity index (χ4n) is 0.852. The monoisotopic (exact) mass is 199 g/mol. The molecule has 1 aromatic rings. The van der Waals surface area contributed by atoms with E-state index in [0.717, 1.165) is 0 Å². The van der Waals surface area contributed by atoms with Gasteiger partial charge >= 0.3 is 5.97 Å². The molecule has 1 atom stereocenters. The number of hydrogen-bond acceptors (Lipinski definition) is 4. The SMILES string of the molecule is CN.O=C(O)C(O)c1ccccc1O. The third-order valence-corrected chi connectivity index (χ3v) is 1.47. The van der Waals surface area contributed by atoms with Crippen LogP contribution in [-0.4, -0.2) is 28.3 Å². The van der Waals surface area contributed by atoms with Gasteiger partial charge in [-0.2, -0.15) is 0 Å². The quantitative estimate of drug-likeness (QED) is 0.540. The Hall–Kier alpha value is -1.59. The molecule has 0 spiro atoms. The molecule has 0 aliphatic carbocycles. The van der Waals surface area contributed by atoms with Crippen molar-refractivity contribution in [2.24, 2.45) is 5.73 Å². The lowest BCUT2D eigenvalue weighted by atomic mass is 10.1. The summed E-state index contributed by atoms with van der Waals surface area (Å²) in [7, 11) is 1.50. The van der Waals surface area contributed by atoms with Crippen LogP contribution in [-0.2, 0) is 4.79 Å². The molecule has 5 N–H and O–H groups in total. The Morgan fingerprint density at radius 3 is 2.29 bits per heavy atom. The standard InChI is InChI=1S/C8H8O4.CH5N/c9-6-4-2-1-3-5(6)7(10)8(11)12;1-2/h1-4,7,9-10H,(H,11,12);2H2,1H3. The summed E-state index contributed by atoms with van der Waals surface area (Å²) in [4.78, 5) is 10.3. The van der Waals surface area contributed by atoms with Crippen LogP contribution in [0.1, 0.15) is 11.7 Å². The number of carboxylic acid groups (broad SMARTS) is 1. The zero-order chi connectivity index (χ0) is 11.1. The van der Waals surface area contributed by atoms with E-state index in [-0.39, 0.29) is 11.3 Å². The van der Waals surface area contributed by atoms with E-state index in [4.69, 9.17) is 15.3 Å². The average Bonchev–Trinajstić information content (AvgIpc) is 2.20. The zero-order valence-electron chi connectivity index (χ0n) is 7.71. The molecule has 0 aliphatic rings. The van der Waals surface area contributed by atoms with Crippen molar-refractivity contribution in [1.29, 1.82) is 0 Å². The van der Waals surface area contributed by atoms with Crippen molar-refractivity contribution in [2.45, 2.75) is 6.10 Å². The smallest absolute Gasteiger partial charge is 0.337 e. The predicted octanol–water partition coefficient (Wildman–Crippen LogP) is 0.0851. The summed E-state index contributed by atoms with van der Waals surface area (Å²) in [5, 5.41) is 26.5. The topological polar surface area (TPSA) is 104 Å². The summed E-state index contributed by atoms with van der Waals surface area (Å²) in [5.74, 6) is -1.59. The minimum absolute atomic E-state index is 0.00463. The van der Waals surface area contributed by atoms with E-state index in [9.17, 15) is 4.79 Å². The zero-order valence-corrected chi connectivity index (χ0v) is 7.71. The van der Waals surface area contributed by atoms with E-state index in [1.165, 1.54) is 19.2 Å². The van der Waals surface area contributed by atoms with Crippen LogP contribution in [0.15, 0.2) is 24.3 Å². The Labute approximate surface area is 81.4 Å². The Morgan fingerprint density at radius 1 is 1.36 bits per heavy atom. The highest BCUT2D eigenvalue weighted by Crippen LogP contribution is 2.23. The van der Waals surface area contributed by atoms with Crippen molar-refractivity contribution in [2.75, 3.05) is 7.05 Å². The fourth-order valence-corrected chi connectivity index (χ4v) is 0.852. The van der Waals surface area contributed by atoms with Gasteiger partial charge in [0.05, 0.1) is 0 Å². The number of carbonyl (C=O) groups is 1. The summed E-state index contributed by atoms with van der Waals surface area (Å²) >= 11 is 0. The molecule has 78 valence electrons. The minimum Gasteiger partial charge on any atom is -0.508 e. The van der Waals surface area contributed by atoms with Gasteiger partial charge in [-0.25, -0.2) is 4.79 Å². The van der Waals surface area contributed by atoms with Crippen LogP contribution in [0.2, 0.25) is 0 Å². The second-order valence-electron chi connectivity index (χ2n) is 2.30. The van der Waals surface area contributed by atoms with Crippen LogP contribution in [0.3, 0.4) is 0 Å². The molecule has 5 heteroatoms. The highest BCUT2D eigenvalue weighted by molar-refractivity contribution is 5.75. The van der Waals surface area contributed by atoms with Gasteiger partial charge in [0, 0.05) is 5.56 Å². The number of benzene rings is 1. The van der Waals surface area contributed by atoms with Gasteiger partial charge in [0.1, 0.15) is 5.75 Å². The van der Waals surface area contributed by atoms with E-state index < -0.39 is 12.1 Å². The lowest BCUT2D eigenvalue weighted by Gasteiger charge is -2.06. The second-order valence-corrected chi connectivity index (χ2v) is 2.30. The molecule has 0 saturated heterocycles. The molecule has 0 aromatic heterocycles. The summed E-state index contributed by atoms with van der Waals surface area (Å²) in [6, 6.07) is 5.77. The largest absolute Gasteiger partial charge is 0.508 e. The number of aliphatic hydroxyl groups is 1. The summed E-state index contributed by atoms with van der Waals surface area (Å²) in [5.41, 5.74) is 4.50. The lowest BCUT2D eigenvalue weighted by molar-refractivity contribution is -0.147. The van der Waals surface area contributed by atoms with Gasteiger partial charge in [-0.15, -0.1) is 0 Å². The van der Waals surface area contributed by atoms with Gasteiger partial charge in [-0.05, 0) is 13.1 Å². The van der Waals surface area contributed by atoms with Gasteiger partial charge in [0.15, 0.2) is 6.10 Å². The first-order chi connectivity index (χ1) is 6.63. The van der Waals surface area contributed by atoms with Gasteiger partial charge in [-0.3, -0.25) is 0 Å². The number of carboxylic acids is 1. The maximum absolute atomic E-state index is 10.3. The van der Waals surface area contributed by atoms with Crippen LogP contribution in [0.4, 0.5) is 0 Å². The van der Waals surface area contributed by atoms with Gasteiger partial charge in [0.25, 0.3) is 0 Å². The van der Waals surface area contributed by atoms with Crippen LogP contribution in [0, 0.1) is 0 Å². The summed E-state index contributed by atoms with van der Waals surface area (Å²) < 4.78 is 0. The molecule has 0 aliphatic heterocycles.